The van der Waals surface area contributed by atoms with Gasteiger partial charge in [0.05, 0.1) is 19.7 Å². The summed E-state index contributed by atoms with van der Waals surface area (Å²) in [5.74, 6) is 1.47. The molecule has 2 fully saturated rings. The highest BCUT2D eigenvalue weighted by atomic mass is 16.5. The molecule has 146 valence electrons. The number of ether oxygens (including phenoxy) is 2. The number of methoxy groups -OCH3 is 2. The number of pyridine rings is 1. The molecule has 6 heteroatoms. The zero-order chi connectivity index (χ0) is 18.8. The van der Waals surface area contributed by atoms with Crippen LogP contribution in [0.25, 0.3) is 10.9 Å². The summed E-state index contributed by atoms with van der Waals surface area (Å²) in [6.45, 7) is 4.32. The fourth-order valence-electron chi connectivity index (χ4n) is 4.57. The third-order valence-corrected chi connectivity index (χ3v) is 6.00. The lowest BCUT2D eigenvalue weighted by Crippen LogP contribution is -2.55. The van der Waals surface area contributed by atoms with Crippen molar-refractivity contribution in [1.29, 1.82) is 0 Å². The fraction of sp³-hybridized carbons (Fsp3) is 0.571. The molecule has 4 rings (SSSR count). The van der Waals surface area contributed by atoms with Gasteiger partial charge < -0.3 is 14.6 Å². The van der Waals surface area contributed by atoms with Crippen molar-refractivity contribution in [3.63, 3.8) is 0 Å². The molecule has 27 heavy (non-hydrogen) atoms. The minimum atomic E-state index is 0.229. The summed E-state index contributed by atoms with van der Waals surface area (Å²) in [7, 11) is 3.34. The molecule has 0 bridgehead atoms. The molecular formula is C21H29N3O3. The lowest BCUT2D eigenvalue weighted by molar-refractivity contribution is 0.0328. The Balaban J connectivity index is 1.62. The van der Waals surface area contributed by atoms with E-state index in [2.05, 4.69) is 15.9 Å². The van der Waals surface area contributed by atoms with Gasteiger partial charge in [0.15, 0.2) is 0 Å². The Labute approximate surface area is 160 Å². The number of aliphatic hydroxyl groups is 1. The van der Waals surface area contributed by atoms with Gasteiger partial charge in [0.25, 0.3) is 0 Å². The monoisotopic (exact) mass is 371 g/mol. The van der Waals surface area contributed by atoms with Crippen LogP contribution in [0.2, 0.25) is 0 Å². The fourth-order valence-corrected chi connectivity index (χ4v) is 4.57. The van der Waals surface area contributed by atoms with E-state index in [-0.39, 0.29) is 6.61 Å². The van der Waals surface area contributed by atoms with Gasteiger partial charge in [0.1, 0.15) is 5.75 Å². The first-order valence-electron chi connectivity index (χ1n) is 9.82. The lowest BCUT2D eigenvalue weighted by atomic mass is 10.0. The topological polar surface area (TPSA) is 58.1 Å². The van der Waals surface area contributed by atoms with Gasteiger partial charge in [-0.05, 0) is 44.0 Å². The van der Waals surface area contributed by atoms with Crippen molar-refractivity contribution in [2.75, 3.05) is 40.5 Å². The number of hydrogen-bond acceptors (Lipinski definition) is 6. The highest BCUT2D eigenvalue weighted by Gasteiger charge is 2.36. The minimum absolute atomic E-state index is 0.229. The second-order valence-corrected chi connectivity index (χ2v) is 7.60. The predicted octanol–water partition coefficient (Wildman–Crippen LogP) is 2.28. The molecule has 3 heterocycles. The summed E-state index contributed by atoms with van der Waals surface area (Å²) in [5, 5.41) is 10.6. The SMILES string of the molecule is COc1ccc2cc(CN3C[C@@H]4CCCN4C[C@@H]3CCO)c(OC)nc2c1. The minimum Gasteiger partial charge on any atom is -0.497 e. The van der Waals surface area contributed by atoms with E-state index in [4.69, 9.17) is 14.5 Å². The average molecular weight is 371 g/mol. The first-order chi connectivity index (χ1) is 13.2. The Morgan fingerprint density at radius 3 is 2.85 bits per heavy atom. The molecule has 2 aliphatic rings. The van der Waals surface area contributed by atoms with Crippen LogP contribution in [0, 0.1) is 0 Å². The number of aliphatic hydroxyl groups excluding tert-OH is 1. The number of aromatic nitrogens is 1. The van der Waals surface area contributed by atoms with E-state index >= 15 is 0 Å². The summed E-state index contributed by atoms with van der Waals surface area (Å²) >= 11 is 0. The Hall–Kier alpha value is -1.89. The summed E-state index contributed by atoms with van der Waals surface area (Å²) in [5.41, 5.74) is 1.98. The van der Waals surface area contributed by atoms with Crippen LogP contribution >= 0.6 is 0 Å². The van der Waals surface area contributed by atoms with Gasteiger partial charge in [0.2, 0.25) is 5.88 Å². The maximum atomic E-state index is 9.54. The molecule has 0 aliphatic carbocycles. The summed E-state index contributed by atoms with van der Waals surface area (Å²) in [6.07, 6.45) is 3.37. The number of piperazine rings is 1. The van der Waals surface area contributed by atoms with Crippen molar-refractivity contribution in [2.45, 2.75) is 37.9 Å². The Morgan fingerprint density at radius 2 is 2.07 bits per heavy atom. The van der Waals surface area contributed by atoms with Crippen molar-refractivity contribution in [2.24, 2.45) is 0 Å². The highest BCUT2D eigenvalue weighted by molar-refractivity contribution is 5.81. The maximum absolute atomic E-state index is 9.54. The first kappa shape index (κ1) is 18.5. The standard InChI is InChI=1S/C21H29N3O3/c1-26-19-6-5-15-10-16(21(27-2)22-20(15)11-19)12-24-14-17-4-3-8-23(17)13-18(24)7-9-25/h5-6,10-11,17-18,25H,3-4,7-9,12-14H2,1-2H3/t17-,18-/m0/s1. The maximum Gasteiger partial charge on any atom is 0.218 e. The van der Waals surface area contributed by atoms with Gasteiger partial charge >= 0.3 is 0 Å². The van der Waals surface area contributed by atoms with E-state index in [1.807, 2.05) is 18.2 Å². The normalized spacial score (nSPS) is 23.5. The smallest absolute Gasteiger partial charge is 0.218 e. The summed E-state index contributed by atoms with van der Waals surface area (Å²) in [4.78, 5) is 9.82. The van der Waals surface area contributed by atoms with E-state index in [0.717, 1.165) is 48.3 Å². The van der Waals surface area contributed by atoms with Gasteiger partial charge in [-0.25, -0.2) is 4.98 Å². The van der Waals surface area contributed by atoms with Crippen LogP contribution in [-0.2, 0) is 6.54 Å². The third kappa shape index (κ3) is 3.74. The quantitative estimate of drug-likeness (QED) is 0.841. The number of hydrogen-bond donors (Lipinski definition) is 1. The Morgan fingerprint density at radius 1 is 1.19 bits per heavy atom. The number of rotatable bonds is 6. The van der Waals surface area contributed by atoms with Crippen molar-refractivity contribution < 1.29 is 14.6 Å². The van der Waals surface area contributed by atoms with Crippen molar-refractivity contribution in [3.05, 3.63) is 29.8 Å². The van der Waals surface area contributed by atoms with E-state index in [9.17, 15) is 5.11 Å². The molecule has 0 saturated carbocycles. The van der Waals surface area contributed by atoms with Crippen molar-refractivity contribution in [1.82, 2.24) is 14.8 Å². The molecule has 2 aromatic rings. The molecule has 0 amide bonds. The van der Waals surface area contributed by atoms with Crippen LogP contribution in [0.15, 0.2) is 24.3 Å². The third-order valence-electron chi connectivity index (χ3n) is 6.00. The van der Waals surface area contributed by atoms with Gasteiger partial charge in [-0.1, -0.05) is 0 Å². The second-order valence-electron chi connectivity index (χ2n) is 7.60. The van der Waals surface area contributed by atoms with Gasteiger partial charge in [-0.3, -0.25) is 9.80 Å². The van der Waals surface area contributed by atoms with Crippen molar-refractivity contribution in [3.8, 4) is 11.6 Å². The molecule has 0 spiro atoms. The zero-order valence-electron chi connectivity index (χ0n) is 16.2. The molecular weight excluding hydrogens is 342 g/mol. The van der Waals surface area contributed by atoms with Crippen LogP contribution in [0.1, 0.15) is 24.8 Å². The second kappa shape index (κ2) is 8.00. The van der Waals surface area contributed by atoms with Gasteiger partial charge in [0, 0.05) is 55.3 Å². The molecule has 6 nitrogen and oxygen atoms in total. The molecule has 1 aromatic heterocycles. The van der Waals surface area contributed by atoms with E-state index in [1.54, 1.807) is 14.2 Å². The largest absolute Gasteiger partial charge is 0.497 e. The first-order valence-corrected chi connectivity index (χ1v) is 9.82. The summed E-state index contributed by atoms with van der Waals surface area (Å²) in [6, 6.07) is 9.14. The molecule has 1 aromatic carbocycles. The van der Waals surface area contributed by atoms with Crippen LogP contribution < -0.4 is 9.47 Å². The zero-order valence-corrected chi connectivity index (χ0v) is 16.2. The molecule has 2 saturated heterocycles. The van der Waals surface area contributed by atoms with Gasteiger partial charge in [-0.2, -0.15) is 0 Å². The molecule has 0 radical (unpaired) electrons. The summed E-state index contributed by atoms with van der Waals surface area (Å²) < 4.78 is 10.9. The highest BCUT2D eigenvalue weighted by Crippen LogP contribution is 2.30. The van der Waals surface area contributed by atoms with Crippen molar-refractivity contribution >= 4 is 10.9 Å². The van der Waals surface area contributed by atoms with Crippen LogP contribution in [0.5, 0.6) is 11.6 Å². The van der Waals surface area contributed by atoms with Crippen LogP contribution in [-0.4, -0.2) is 72.4 Å². The van der Waals surface area contributed by atoms with E-state index in [1.165, 1.54) is 19.4 Å². The van der Waals surface area contributed by atoms with E-state index < -0.39 is 0 Å². The molecule has 2 atom stereocenters. The number of nitrogens with zero attached hydrogens (tertiary/aromatic N) is 3. The van der Waals surface area contributed by atoms with Crippen LogP contribution in [0.4, 0.5) is 0 Å². The number of benzene rings is 1. The predicted molar refractivity (Wildman–Crippen MR) is 105 cm³/mol. The van der Waals surface area contributed by atoms with Crippen LogP contribution in [0.3, 0.4) is 0 Å². The molecule has 0 unspecified atom stereocenters. The number of fused-ring (bicyclic) bond motifs is 2. The average Bonchev–Trinajstić information content (AvgIpc) is 3.14. The molecule has 2 aliphatic heterocycles. The van der Waals surface area contributed by atoms with E-state index in [0.29, 0.717) is 18.0 Å². The van der Waals surface area contributed by atoms with Gasteiger partial charge in [-0.15, -0.1) is 0 Å². The lowest BCUT2D eigenvalue weighted by Gasteiger charge is -2.43. The Kier molecular flexibility index (Phi) is 5.48. The Bertz CT molecular complexity index is 798. The molecule has 1 N–H and O–H groups in total.